The van der Waals surface area contributed by atoms with Gasteiger partial charge in [-0.1, -0.05) is 12.1 Å². The van der Waals surface area contributed by atoms with Crippen LogP contribution in [-0.2, 0) is 19.9 Å². The molecule has 0 aliphatic heterocycles. The summed E-state index contributed by atoms with van der Waals surface area (Å²) in [6, 6.07) is 12.1. The maximum absolute atomic E-state index is 12.2. The van der Waals surface area contributed by atoms with Crippen molar-refractivity contribution in [1.29, 1.82) is 0 Å². The van der Waals surface area contributed by atoms with E-state index in [9.17, 15) is 16.8 Å². The first-order valence-electron chi connectivity index (χ1n) is 6.08. The highest BCUT2D eigenvalue weighted by Gasteiger charge is 2.14. The van der Waals surface area contributed by atoms with Crippen LogP contribution in [-0.4, -0.2) is 23.1 Å². The topological polar surface area (TPSA) is 80.3 Å². The predicted molar refractivity (Wildman–Crippen MR) is 81.5 cm³/mol. The number of rotatable bonds is 4. The molecule has 0 fully saturated rings. The molecule has 0 saturated heterocycles. The highest BCUT2D eigenvalue weighted by Crippen LogP contribution is 2.19. The third-order valence-electron chi connectivity index (χ3n) is 2.83. The van der Waals surface area contributed by atoms with Gasteiger partial charge in [0.25, 0.3) is 10.0 Å². The summed E-state index contributed by atoms with van der Waals surface area (Å²) in [6.07, 6.45) is 1.10. The van der Waals surface area contributed by atoms with Gasteiger partial charge >= 0.3 is 0 Å². The molecular weight excluding hydrogens is 310 g/mol. The van der Waals surface area contributed by atoms with E-state index < -0.39 is 19.9 Å². The van der Waals surface area contributed by atoms with E-state index in [1.165, 1.54) is 30.3 Å². The van der Waals surface area contributed by atoms with Crippen LogP contribution in [0, 0.1) is 6.92 Å². The van der Waals surface area contributed by atoms with Crippen LogP contribution >= 0.6 is 0 Å². The van der Waals surface area contributed by atoms with Crippen molar-refractivity contribution in [3.05, 3.63) is 54.1 Å². The summed E-state index contributed by atoms with van der Waals surface area (Å²) < 4.78 is 49.5. The molecule has 0 aliphatic rings. The number of hydrogen-bond donors (Lipinski definition) is 1. The maximum atomic E-state index is 12.2. The summed E-state index contributed by atoms with van der Waals surface area (Å²) in [7, 11) is -6.98. The molecule has 1 N–H and O–H groups in total. The second-order valence-electron chi connectivity index (χ2n) is 4.72. The Kier molecular flexibility index (Phi) is 4.06. The molecule has 0 amide bonds. The van der Waals surface area contributed by atoms with Crippen LogP contribution in [0.5, 0.6) is 0 Å². The molecule has 2 rings (SSSR count). The Hall–Kier alpha value is -1.86. The number of benzene rings is 2. The van der Waals surface area contributed by atoms with Gasteiger partial charge < -0.3 is 0 Å². The summed E-state index contributed by atoms with van der Waals surface area (Å²) in [6.45, 7) is 1.81. The first-order valence-corrected chi connectivity index (χ1v) is 9.45. The van der Waals surface area contributed by atoms with E-state index in [-0.39, 0.29) is 9.79 Å². The van der Waals surface area contributed by atoms with Crippen molar-refractivity contribution in [2.45, 2.75) is 16.7 Å². The van der Waals surface area contributed by atoms with Crippen LogP contribution in [0.4, 0.5) is 5.69 Å². The highest BCUT2D eigenvalue weighted by atomic mass is 32.2. The van der Waals surface area contributed by atoms with Gasteiger partial charge in [0, 0.05) is 11.9 Å². The number of nitrogens with one attached hydrogen (secondary N) is 1. The molecule has 0 radical (unpaired) electrons. The lowest BCUT2D eigenvalue weighted by molar-refractivity contribution is 0.600. The zero-order valence-corrected chi connectivity index (χ0v) is 13.2. The Bertz CT molecular complexity index is 854. The van der Waals surface area contributed by atoms with Gasteiger partial charge in [-0.05, 0) is 48.9 Å². The molecule has 7 heteroatoms. The summed E-state index contributed by atoms with van der Waals surface area (Å²) in [5, 5.41) is 0. The fraction of sp³-hybridized carbons (Fsp3) is 0.143. The lowest BCUT2D eigenvalue weighted by Gasteiger charge is -2.09. The van der Waals surface area contributed by atoms with Crippen LogP contribution in [0.25, 0.3) is 0 Å². The molecule has 0 aliphatic carbocycles. The van der Waals surface area contributed by atoms with Gasteiger partial charge in [0.15, 0.2) is 9.84 Å². The molecule has 5 nitrogen and oxygen atoms in total. The second kappa shape index (κ2) is 5.50. The largest absolute Gasteiger partial charge is 0.280 e. The van der Waals surface area contributed by atoms with Crippen LogP contribution < -0.4 is 4.72 Å². The van der Waals surface area contributed by atoms with E-state index in [2.05, 4.69) is 4.72 Å². The molecule has 0 heterocycles. The van der Waals surface area contributed by atoms with Crippen molar-refractivity contribution >= 4 is 25.5 Å². The van der Waals surface area contributed by atoms with Crippen molar-refractivity contribution in [3.63, 3.8) is 0 Å². The Morgan fingerprint density at radius 2 is 1.48 bits per heavy atom. The predicted octanol–water partition coefficient (Wildman–Crippen LogP) is 2.20. The molecule has 0 saturated carbocycles. The average molecular weight is 325 g/mol. The highest BCUT2D eigenvalue weighted by molar-refractivity contribution is 7.92. The van der Waals surface area contributed by atoms with Crippen LogP contribution in [0.2, 0.25) is 0 Å². The smallest absolute Gasteiger partial charge is 0.261 e. The SMILES string of the molecule is Cc1cccc(S(=O)(=O)Nc2ccc(S(C)(=O)=O)cc2)c1. The van der Waals surface area contributed by atoms with Gasteiger partial charge in [-0.3, -0.25) is 4.72 Å². The number of sulfone groups is 1. The third-order valence-corrected chi connectivity index (χ3v) is 5.34. The molecular formula is C14H15NO4S2. The van der Waals surface area contributed by atoms with Gasteiger partial charge in [0.2, 0.25) is 0 Å². The molecule has 0 atom stereocenters. The monoisotopic (exact) mass is 325 g/mol. The Morgan fingerprint density at radius 3 is 2.00 bits per heavy atom. The van der Waals surface area contributed by atoms with E-state index in [1.54, 1.807) is 25.1 Å². The molecule has 0 aromatic heterocycles. The molecule has 0 unspecified atom stereocenters. The molecule has 2 aromatic rings. The van der Waals surface area contributed by atoms with E-state index >= 15 is 0 Å². The molecule has 0 spiro atoms. The first kappa shape index (κ1) is 15.5. The molecule has 112 valence electrons. The molecule has 2 aromatic carbocycles. The molecule has 0 bridgehead atoms. The summed E-state index contributed by atoms with van der Waals surface area (Å²) in [5.74, 6) is 0. The minimum atomic E-state index is -3.68. The Morgan fingerprint density at radius 1 is 0.857 bits per heavy atom. The minimum absolute atomic E-state index is 0.140. The van der Waals surface area contributed by atoms with E-state index in [1.807, 2.05) is 0 Å². The zero-order valence-electron chi connectivity index (χ0n) is 11.6. The minimum Gasteiger partial charge on any atom is -0.280 e. The standard InChI is InChI=1S/C14H15NO4S2/c1-11-4-3-5-14(10-11)21(18,19)15-12-6-8-13(9-7-12)20(2,16)17/h3-10,15H,1-2H3. The number of aryl methyl sites for hydroxylation is 1. The fourth-order valence-corrected chi connectivity index (χ4v) is 3.56. The fourth-order valence-electron chi connectivity index (χ4n) is 1.77. The number of anilines is 1. The Labute approximate surface area is 124 Å². The van der Waals surface area contributed by atoms with Gasteiger partial charge in [0.05, 0.1) is 9.79 Å². The Balaban J connectivity index is 2.29. The third kappa shape index (κ3) is 3.83. The van der Waals surface area contributed by atoms with Gasteiger partial charge in [-0.25, -0.2) is 16.8 Å². The number of sulfonamides is 1. The van der Waals surface area contributed by atoms with E-state index in [0.717, 1.165) is 11.8 Å². The van der Waals surface area contributed by atoms with Gasteiger partial charge in [-0.2, -0.15) is 0 Å². The van der Waals surface area contributed by atoms with Crippen molar-refractivity contribution in [3.8, 4) is 0 Å². The zero-order chi connectivity index (χ0) is 15.7. The van der Waals surface area contributed by atoms with Crippen LogP contribution in [0.3, 0.4) is 0 Å². The van der Waals surface area contributed by atoms with Gasteiger partial charge in [0.1, 0.15) is 0 Å². The maximum Gasteiger partial charge on any atom is 0.261 e. The lowest BCUT2D eigenvalue weighted by Crippen LogP contribution is -2.13. The second-order valence-corrected chi connectivity index (χ2v) is 8.42. The first-order chi connectivity index (χ1) is 9.68. The van der Waals surface area contributed by atoms with Crippen molar-refractivity contribution in [1.82, 2.24) is 0 Å². The van der Waals surface area contributed by atoms with Crippen molar-refractivity contribution < 1.29 is 16.8 Å². The van der Waals surface area contributed by atoms with Crippen molar-refractivity contribution in [2.24, 2.45) is 0 Å². The van der Waals surface area contributed by atoms with Crippen LogP contribution in [0.15, 0.2) is 58.3 Å². The normalized spacial score (nSPS) is 12.1. The average Bonchev–Trinajstić information content (AvgIpc) is 2.38. The van der Waals surface area contributed by atoms with E-state index in [0.29, 0.717) is 5.69 Å². The summed E-state index contributed by atoms with van der Waals surface area (Å²) in [4.78, 5) is 0.302. The van der Waals surface area contributed by atoms with Gasteiger partial charge in [-0.15, -0.1) is 0 Å². The quantitative estimate of drug-likeness (QED) is 0.934. The van der Waals surface area contributed by atoms with Crippen LogP contribution in [0.1, 0.15) is 5.56 Å². The summed E-state index contributed by atoms with van der Waals surface area (Å²) in [5.41, 5.74) is 1.15. The lowest BCUT2D eigenvalue weighted by atomic mass is 10.2. The molecule has 21 heavy (non-hydrogen) atoms. The van der Waals surface area contributed by atoms with Crippen molar-refractivity contribution in [2.75, 3.05) is 11.0 Å². The summed E-state index contributed by atoms with van der Waals surface area (Å²) >= 11 is 0. The van der Waals surface area contributed by atoms with E-state index in [4.69, 9.17) is 0 Å². The number of hydrogen-bond acceptors (Lipinski definition) is 4.